The fourth-order valence-corrected chi connectivity index (χ4v) is 3.79. The van der Waals surface area contributed by atoms with Crippen molar-refractivity contribution in [2.24, 2.45) is 7.05 Å². The molecule has 0 aliphatic carbocycles. The molecular formula is C21H20F2N2O2S. The summed E-state index contributed by atoms with van der Waals surface area (Å²) in [6.45, 7) is 1.79. The van der Waals surface area contributed by atoms with E-state index in [1.807, 2.05) is 24.3 Å². The van der Waals surface area contributed by atoms with Crippen LogP contribution in [0.1, 0.15) is 22.4 Å². The average molecular weight is 402 g/mol. The largest absolute Gasteiger partial charge is 0.497 e. The first-order valence-corrected chi connectivity index (χ1v) is 9.63. The zero-order valence-corrected chi connectivity index (χ0v) is 16.6. The van der Waals surface area contributed by atoms with E-state index in [9.17, 15) is 13.6 Å². The van der Waals surface area contributed by atoms with Crippen LogP contribution in [0.4, 0.5) is 8.78 Å². The number of hydrogen-bond donors (Lipinski definition) is 0. The second kappa shape index (κ2) is 8.56. The Bertz CT molecular complexity index is 1050. The number of ether oxygens (including phenoxy) is 1. The van der Waals surface area contributed by atoms with Gasteiger partial charge in [-0.1, -0.05) is 30.0 Å². The van der Waals surface area contributed by atoms with Gasteiger partial charge >= 0.3 is 0 Å². The van der Waals surface area contributed by atoms with E-state index in [0.717, 1.165) is 17.4 Å². The molecule has 0 atom stereocenters. The number of aryl methyl sites for hydroxylation is 1. The Morgan fingerprint density at radius 3 is 2.50 bits per heavy atom. The van der Waals surface area contributed by atoms with Gasteiger partial charge in [0.15, 0.2) is 5.16 Å². The van der Waals surface area contributed by atoms with Crippen molar-refractivity contribution in [1.82, 2.24) is 9.55 Å². The van der Waals surface area contributed by atoms with Crippen LogP contribution in [0.15, 0.2) is 52.4 Å². The lowest BCUT2D eigenvalue weighted by Crippen LogP contribution is -2.25. The van der Waals surface area contributed by atoms with Gasteiger partial charge in [0.1, 0.15) is 17.4 Å². The van der Waals surface area contributed by atoms with Crippen molar-refractivity contribution in [3.05, 3.63) is 86.8 Å². The van der Waals surface area contributed by atoms with Crippen molar-refractivity contribution < 1.29 is 13.5 Å². The van der Waals surface area contributed by atoms with Gasteiger partial charge in [-0.3, -0.25) is 9.36 Å². The SMILES string of the molecule is COc1ccc(Cc2c(C)nc(SCc3ccc(F)cc3F)n(C)c2=O)cc1. The van der Waals surface area contributed by atoms with Crippen molar-refractivity contribution in [2.75, 3.05) is 7.11 Å². The van der Waals surface area contributed by atoms with Gasteiger partial charge in [0.2, 0.25) is 0 Å². The molecule has 3 rings (SSSR count). The van der Waals surface area contributed by atoms with Gasteiger partial charge in [-0.15, -0.1) is 0 Å². The summed E-state index contributed by atoms with van der Waals surface area (Å²) in [5, 5.41) is 0.490. The Hall–Kier alpha value is -2.67. The Morgan fingerprint density at radius 2 is 1.86 bits per heavy atom. The van der Waals surface area contributed by atoms with Gasteiger partial charge in [-0.2, -0.15) is 0 Å². The zero-order chi connectivity index (χ0) is 20.3. The predicted molar refractivity (Wildman–Crippen MR) is 106 cm³/mol. The lowest BCUT2D eigenvalue weighted by Gasteiger charge is -2.12. The summed E-state index contributed by atoms with van der Waals surface area (Å²) >= 11 is 1.24. The van der Waals surface area contributed by atoms with Gasteiger partial charge < -0.3 is 4.74 Å². The molecule has 0 radical (unpaired) electrons. The molecule has 1 aromatic heterocycles. The van der Waals surface area contributed by atoms with Gasteiger partial charge in [-0.25, -0.2) is 13.8 Å². The van der Waals surface area contributed by atoms with Crippen LogP contribution in [0.3, 0.4) is 0 Å². The molecule has 3 aromatic rings. The molecule has 0 amide bonds. The summed E-state index contributed by atoms with van der Waals surface area (Å²) in [5.41, 5.74) is 2.47. The lowest BCUT2D eigenvalue weighted by atomic mass is 10.1. The van der Waals surface area contributed by atoms with Gasteiger partial charge in [-0.05, 0) is 36.2 Å². The summed E-state index contributed by atoms with van der Waals surface area (Å²) in [6.07, 6.45) is 0.465. The Balaban J connectivity index is 1.82. The molecule has 0 saturated carbocycles. The summed E-state index contributed by atoms with van der Waals surface area (Å²) in [4.78, 5) is 17.4. The first-order valence-electron chi connectivity index (χ1n) is 8.65. The number of halogens is 2. The molecule has 0 saturated heterocycles. The normalized spacial score (nSPS) is 10.9. The standard InChI is InChI=1S/C21H20F2N2O2S/c1-13-18(10-14-4-8-17(27-3)9-5-14)20(26)25(2)21(24-13)28-12-15-6-7-16(22)11-19(15)23/h4-9,11H,10,12H2,1-3H3. The minimum absolute atomic E-state index is 0.134. The van der Waals surface area contributed by atoms with E-state index in [4.69, 9.17) is 4.74 Å². The number of rotatable bonds is 6. The van der Waals surface area contributed by atoms with E-state index >= 15 is 0 Å². The predicted octanol–water partition coefficient (Wildman–Crippen LogP) is 4.26. The molecule has 0 aliphatic heterocycles. The van der Waals surface area contributed by atoms with E-state index in [1.54, 1.807) is 21.1 Å². The highest BCUT2D eigenvalue weighted by Gasteiger charge is 2.14. The van der Waals surface area contributed by atoms with Crippen LogP contribution in [-0.4, -0.2) is 16.7 Å². The average Bonchev–Trinajstić information content (AvgIpc) is 2.68. The van der Waals surface area contributed by atoms with Crippen LogP contribution in [0, 0.1) is 18.6 Å². The molecule has 4 nitrogen and oxygen atoms in total. The third-order valence-electron chi connectivity index (χ3n) is 4.46. The highest BCUT2D eigenvalue weighted by atomic mass is 32.2. The van der Waals surface area contributed by atoms with Crippen molar-refractivity contribution in [2.45, 2.75) is 24.3 Å². The van der Waals surface area contributed by atoms with Crippen molar-refractivity contribution in [1.29, 1.82) is 0 Å². The fourth-order valence-electron chi connectivity index (χ4n) is 2.79. The third-order valence-corrected chi connectivity index (χ3v) is 5.54. The first-order chi connectivity index (χ1) is 13.4. The lowest BCUT2D eigenvalue weighted by molar-refractivity contribution is 0.414. The molecule has 0 bridgehead atoms. The Labute approximate surface area is 166 Å². The van der Waals surface area contributed by atoms with Crippen LogP contribution < -0.4 is 10.3 Å². The number of methoxy groups -OCH3 is 1. The maximum atomic E-state index is 13.8. The molecule has 2 aromatic carbocycles. The van der Waals surface area contributed by atoms with Crippen LogP contribution in [0.5, 0.6) is 5.75 Å². The second-order valence-electron chi connectivity index (χ2n) is 6.37. The summed E-state index contributed by atoms with van der Waals surface area (Å²) < 4.78 is 33.5. The zero-order valence-electron chi connectivity index (χ0n) is 15.8. The molecule has 0 fully saturated rings. The smallest absolute Gasteiger partial charge is 0.257 e. The first kappa shape index (κ1) is 20.1. The fraction of sp³-hybridized carbons (Fsp3) is 0.238. The highest BCUT2D eigenvalue weighted by molar-refractivity contribution is 7.98. The van der Waals surface area contributed by atoms with Crippen molar-refractivity contribution >= 4 is 11.8 Å². The van der Waals surface area contributed by atoms with E-state index in [0.29, 0.717) is 28.4 Å². The molecule has 0 N–H and O–H groups in total. The molecule has 0 spiro atoms. The maximum absolute atomic E-state index is 13.8. The molecule has 0 unspecified atom stereocenters. The number of thioether (sulfide) groups is 1. The minimum Gasteiger partial charge on any atom is -0.497 e. The summed E-state index contributed by atoms with van der Waals surface area (Å²) in [6, 6.07) is 11.0. The topological polar surface area (TPSA) is 44.1 Å². The number of aromatic nitrogens is 2. The molecule has 146 valence electrons. The van der Waals surface area contributed by atoms with E-state index in [1.165, 1.54) is 28.5 Å². The van der Waals surface area contributed by atoms with Crippen LogP contribution in [-0.2, 0) is 19.2 Å². The quantitative estimate of drug-likeness (QED) is 0.457. The molecule has 1 heterocycles. The van der Waals surface area contributed by atoms with Crippen molar-refractivity contribution in [3.63, 3.8) is 0 Å². The van der Waals surface area contributed by atoms with Gasteiger partial charge in [0.25, 0.3) is 5.56 Å². The molecule has 7 heteroatoms. The molecule has 28 heavy (non-hydrogen) atoms. The van der Waals surface area contributed by atoms with Crippen LogP contribution in [0.2, 0.25) is 0 Å². The number of nitrogens with zero attached hydrogens (tertiary/aromatic N) is 2. The molecule has 0 aliphatic rings. The summed E-state index contributed by atoms with van der Waals surface area (Å²) in [5.74, 6) is -0.212. The molecular weight excluding hydrogens is 382 g/mol. The Kier molecular flexibility index (Phi) is 6.14. The van der Waals surface area contributed by atoms with Gasteiger partial charge in [0.05, 0.1) is 7.11 Å². The second-order valence-corrected chi connectivity index (χ2v) is 7.31. The number of hydrogen-bond acceptors (Lipinski definition) is 4. The van der Waals surface area contributed by atoms with Crippen molar-refractivity contribution in [3.8, 4) is 5.75 Å². The third kappa shape index (κ3) is 4.42. The Morgan fingerprint density at radius 1 is 1.14 bits per heavy atom. The monoisotopic (exact) mass is 402 g/mol. The van der Waals surface area contributed by atoms with E-state index in [2.05, 4.69) is 4.98 Å². The van der Waals surface area contributed by atoms with E-state index in [-0.39, 0.29) is 11.3 Å². The maximum Gasteiger partial charge on any atom is 0.257 e. The highest BCUT2D eigenvalue weighted by Crippen LogP contribution is 2.23. The van der Waals surface area contributed by atoms with Crippen LogP contribution in [0.25, 0.3) is 0 Å². The van der Waals surface area contributed by atoms with E-state index < -0.39 is 11.6 Å². The summed E-state index contributed by atoms with van der Waals surface area (Å²) in [7, 11) is 3.25. The minimum atomic E-state index is -0.615. The van der Waals surface area contributed by atoms with Crippen LogP contribution >= 0.6 is 11.8 Å². The number of benzene rings is 2. The van der Waals surface area contributed by atoms with Gasteiger partial charge in [0, 0.05) is 36.5 Å².